The maximum atomic E-state index is 14.0. The Morgan fingerprint density at radius 1 is 0.808 bits per heavy atom. The second-order valence-electron chi connectivity index (χ2n) is 19.9. The van der Waals surface area contributed by atoms with E-state index in [0.717, 1.165) is 5.56 Å². The number of primary amides is 1. The number of alkyl carbamates (subject to hydrolysis) is 1. The molecule has 5 amide bonds. The van der Waals surface area contributed by atoms with Gasteiger partial charge in [-0.1, -0.05) is 56.3 Å². The Bertz CT molecular complexity index is 2780. The van der Waals surface area contributed by atoms with Crippen molar-refractivity contribution in [3.05, 3.63) is 107 Å². The van der Waals surface area contributed by atoms with Crippen LogP contribution in [-0.4, -0.2) is 130 Å². The van der Waals surface area contributed by atoms with Gasteiger partial charge in [-0.15, -0.1) is 0 Å². The van der Waals surface area contributed by atoms with Crippen molar-refractivity contribution in [3.8, 4) is 28.7 Å². The van der Waals surface area contributed by atoms with Gasteiger partial charge in [-0.3, -0.25) is 14.4 Å². The van der Waals surface area contributed by atoms with Gasteiger partial charge in [0.2, 0.25) is 24.4 Å². The molecule has 0 saturated carbocycles. The zero-order valence-electron chi connectivity index (χ0n) is 43.7. The number of nitrogens with one attached hydrogen (secondary N) is 4. The van der Waals surface area contributed by atoms with E-state index in [1.165, 1.54) is 14.2 Å². The number of hydrogen-bond donors (Lipinski definition) is 7. The second kappa shape index (κ2) is 24.5. The highest BCUT2D eigenvalue weighted by atomic mass is 16.8. The summed E-state index contributed by atoms with van der Waals surface area (Å²) in [6, 6.07) is 20.2. The van der Waals surface area contributed by atoms with Crippen LogP contribution in [0.2, 0.25) is 0 Å². The molecule has 418 valence electrons. The molecule has 0 aromatic heterocycles. The molecule has 4 aromatic rings. The Morgan fingerprint density at radius 3 is 2.18 bits per heavy atom. The van der Waals surface area contributed by atoms with Crippen LogP contribution in [0.25, 0.3) is 0 Å². The van der Waals surface area contributed by atoms with Crippen LogP contribution in [0.15, 0.2) is 78.9 Å². The number of urea groups is 1. The fraction of sp³-hybridized carbons (Fsp3) is 0.473. The first-order valence-corrected chi connectivity index (χ1v) is 25.7. The molecule has 23 heteroatoms. The van der Waals surface area contributed by atoms with E-state index in [1.807, 2.05) is 18.2 Å². The highest BCUT2D eigenvalue weighted by Gasteiger charge is 2.56. The topological polar surface area (TPSA) is 301 Å². The second-order valence-corrected chi connectivity index (χ2v) is 19.9. The summed E-state index contributed by atoms with van der Waals surface area (Å²) in [5.41, 5.74) is 9.01. The van der Waals surface area contributed by atoms with Crippen molar-refractivity contribution in [1.82, 2.24) is 16.0 Å². The van der Waals surface area contributed by atoms with E-state index in [4.69, 9.17) is 57.8 Å². The number of benzene rings is 4. The van der Waals surface area contributed by atoms with Crippen LogP contribution >= 0.6 is 0 Å². The Morgan fingerprint density at radius 2 is 1.50 bits per heavy atom. The number of aliphatic hydroxyl groups is 2. The van der Waals surface area contributed by atoms with Gasteiger partial charge in [0, 0.05) is 24.1 Å². The zero-order chi connectivity index (χ0) is 55.2. The molecule has 5 aliphatic rings. The first kappa shape index (κ1) is 55.3. The lowest BCUT2D eigenvalue weighted by Crippen LogP contribution is -2.63. The Hall–Kier alpha value is -7.41. The number of hydrogen-bond acceptors (Lipinski definition) is 18. The predicted molar refractivity (Wildman–Crippen MR) is 273 cm³/mol. The Balaban J connectivity index is 0.895. The first-order valence-electron chi connectivity index (χ1n) is 25.7. The summed E-state index contributed by atoms with van der Waals surface area (Å²) >= 11 is 0. The maximum absolute atomic E-state index is 14.0. The van der Waals surface area contributed by atoms with E-state index in [-0.39, 0.29) is 64.3 Å². The van der Waals surface area contributed by atoms with Gasteiger partial charge < -0.3 is 89.3 Å². The van der Waals surface area contributed by atoms with Crippen LogP contribution in [-0.2, 0) is 56.0 Å². The molecule has 1 aliphatic carbocycles. The number of carbonyl (C=O) groups excluding carboxylic acids is 5. The fourth-order valence-corrected chi connectivity index (χ4v) is 10.4. The van der Waals surface area contributed by atoms with Gasteiger partial charge in [-0.2, -0.15) is 0 Å². The lowest BCUT2D eigenvalue weighted by atomic mass is 9.66. The highest BCUT2D eigenvalue weighted by Crippen LogP contribution is 2.57. The van der Waals surface area contributed by atoms with Crippen LogP contribution in [0.1, 0.15) is 73.5 Å². The Kier molecular flexibility index (Phi) is 17.4. The average molecular weight is 1080 g/mol. The molecule has 3 saturated heterocycles. The van der Waals surface area contributed by atoms with Crippen LogP contribution < -0.4 is 50.7 Å². The normalized spacial score (nSPS) is 25.5. The minimum Gasteiger partial charge on any atom is -0.493 e. The predicted octanol–water partition coefficient (Wildman–Crippen LogP) is 4.03. The standard InChI is InChI=1S/C55H65N5O18/c1-27(2)44(60-55(67)73-23-29-10-7-6-8-11-29)51(64)59-36(12-9-17-57-54(56)66)50(63)58-32-15-13-30(14-16-32)22-71-48-39(68-4)18-31(19-40(48)69-5)42-33-20-37-38(75-26-74-37)21-34(33)47(35-24-72-52(65)43(35)42)78-53-46(62)45(61)49-41(77-53)25-70-28(3)76-49/h6-8,10-11,13-16,18-21,27-28,35-36,41-47,49,53,61-62H,9,12,17,22-26H2,1-5H3,(H,58,63)(H,59,64)(H,60,67)(H3,56,57,66)/t28-,35-,36-,41+,42+,43-,44-,45+,46+,47+,49+,53-/m0/s1. The minimum atomic E-state index is -1.50. The van der Waals surface area contributed by atoms with Crippen molar-refractivity contribution in [2.24, 2.45) is 23.5 Å². The van der Waals surface area contributed by atoms with Crippen LogP contribution in [0, 0.1) is 17.8 Å². The molecule has 8 N–H and O–H groups in total. The van der Waals surface area contributed by atoms with Crippen molar-refractivity contribution < 1.29 is 86.3 Å². The number of esters is 1. The molecule has 0 spiro atoms. The van der Waals surface area contributed by atoms with E-state index < -0.39 is 103 Å². The molecule has 4 heterocycles. The van der Waals surface area contributed by atoms with Crippen LogP contribution in [0.5, 0.6) is 28.7 Å². The summed E-state index contributed by atoms with van der Waals surface area (Å²) in [5.74, 6) is -2.32. The van der Waals surface area contributed by atoms with Gasteiger partial charge in [0.15, 0.2) is 35.6 Å². The van der Waals surface area contributed by atoms with Crippen molar-refractivity contribution in [2.75, 3.05) is 46.1 Å². The minimum absolute atomic E-state index is 0.00281. The molecular formula is C55H65N5O18. The van der Waals surface area contributed by atoms with Gasteiger partial charge >= 0.3 is 18.1 Å². The number of aliphatic hydroxyl groups excluding tert-OH is 2. The van der Waals surface area contributed by atoms with Crippen LogP contribution in [0.4, 0.5) is 15.3 Å². The summed E-state index contributed by atoms with van der Waals surface area (Å²) in [5, 5.41) is 33.2. The van der Waals surface area contributed by atoms with Gasteiger partial charge in [0.1, 0.15) is 49.7 Å². The molecule has 9 rings (SSSR count). The van der Waals surface area contributed by atoms with Gasteiger partial charge in [-0.05, 0) is 89.9 Å². The van der Waals surface area contributed by atoms with E-state index >= 15 is 0 Å². The number of rotatable bonds is 20. The van der Waals surface area contributed by atoms with Crippen molar-refractivity contribution in [3.63, 3.8) is 0 Å². The number of fused-ring (bicyclic) bond motifs is 4. The average Bonchev–Trinajstić information content (AvgIpc) is 4.25. The molecule has 0 unspecified atom stereocenters. The maximum Gasteiger partial charge on any atom is 0.408 e. The molecule has 0 bridgehead atoms. The van der Waals surface area contributed by atoms with Gasteiger partial charge in [0.25, 0.3) is 0 Å². The summed E-state index contributed by atoms with van der Waals surface area (Å²) in [7, 11) is 2.96. The molecular weight excluding hydrogens is 1020 g/mol. The van der Waals surface area contributed by atoms with Gasteiger partial charge in [0.05, 0.1) is 39.5 Å². The summed E-state index contributed by atoms with van der Waals surface area (Å²) in [6.45, 7) is 5.41. The smallest absolute Gasteiger partial charge is 0.408 e. The number of carbonyl (C=O) groups is 5. The molecule has 3 fully saturated rings. The van der Waals surface area contributed by atoms with Crippen molar-refractivity contribution in [1.29, 1.82) is 0 Å². The third-order valence-electron chi connectivity index (χ3n) is 14.4. The molecule has 4 aliphatic heterocycles. The number of methoxy groups -OCH3 is 2. The number of nitrogens with two attached hydrogens (primary N) is 1. The first-order chi connectivity index (χ1) is 37.6. The van der Waals surface area contributed by atoms with Crippen molar-refractivity contribution in [2.45, 2.75) is 108 Å². The third kappa shape index (κ3) is 12.3. The number of cyclic esters (lactones) is 1. The molecule has 78 heavy (non-hydrogen) atoms. The summed E-state index contributed by atoms with van der Waals surface area (Å²) in [4.78, 5) is 65.6. The lowest BCUT2D eigenvalue weighted by Gasteiger charge is -2.47. The summed E-state index contributed by atoms with van der Waals surface area (Å²) in [6.07, 6.45) is -7.65. The number of ether oxygens (including phenoxy) is 11. The van der Waals surface area contributed by atoms with E-state index in [1.54, 1.807) is 81.4 Å². The number of anilines is 1. The molecule has 0 radical (unpaired) electrons. The largest absolute Gasteiger partial charge is 0.493 e. The monoisotopic (exact) mass is 1080 g/mol. The van der Waals surface area contributed by atoms with E-state index in [2.05, 4.69) is 21.3 Å². The fourth-order valence-electron chi connectivity index (χ4n) is 10.4. The highest BCUT2D eigenvalue weighted by molar-refractivity contribution is 5.98. The van der Waals surface area contributed by atoms with E-state index in [0.29, 0.717) is 50.9 Å². The quantitative estimate of drug-likeness (QED) is 0.0485. The molecule has 23 nitrogen and oxygen atoms in total. The SMILES string of the molecule is COc1cc([C@@H]2c3cc4c(cc3[C@@H](O[C@@H]3O[C@@H]5CO[C@H](C)O[C@H]5[C@H](O)[C@H]3O)[C@H]3COC(=O)[C@H]23)OCO4)cc(OC)c1OCc1ccc(NC(=O)[C@H](CCCNC(N)=O)NC(=O)[C@@H](NC(=O)OCc2ccccc2)C(C)C)cc1. The van der Waals surface area contributed by atoms with Crippen molar-refractivity contribution >= 4 is 35.6 Å². The lowest BCUT2D eigenvalue weighted by molar-refractivity contribution is -0.364. The Labute approximate surface area is 449 Å². The number of amides is 5. The molecule has 4 aromatic carbocycles. The van der Waals surface area contributed by atoms with Crippen LogP contribution in [0.3, 0.4) is 0 Å². The zero-order valence-corrected chi connectivity index (χ0v) is 43.7. The summed E-state index contributed by atoms with van der Waals surface area (Å²) < 4.78 is 65.1. The molecule has 12 atom stereocenters. The van der Waals surface area contributed by atoms with E-state index in [9.17, 15) is 34.2 Å². The third-order valence-corrected chi connectivity index (χ3v) is 14.4. The van der Waals surface area contributed by atoms with Gasteiger partial charge in [-0.25, -0.2) is 9.59 Å².